The second kappa shape index (κ2) is 9.86. The van der Waals surface area contributed by atoms with Crippen molar-refractivity contribution in [1.82, 2.24) is 4.57 Å². The van der Waals surface area contributed by atoms with E-state index in [0.29, 0.717) is 0 Å². The van der Waals surface area contributed by atoms with Crippen LogP contribution in [0.3, 0.4) is 0 Å². The highest BCUT2D eigenvalue weighted by Gasteiger charge is 2.19. The molecular formula is C42H27NO. The molecule has 0 unspecified atom stereocenters. The highest BCUT2D eigenvalue weighted by Crippen LogP contribution is 2.41. The van der Waals surface area contributed by atoms with E-state index >= 15 is 0 Å². The van der Waals surface area contributed by atoms with Crippen LogP contribution >= 0.6 is 0 Å². The van der Waals surface area contributed by atoms with Crippen LogP contribution in [0.4, 0.5) is 0 Å². The second-order valence-electron chi connectivity index (χ2n) is 11.4. The average molecular weight is 562 g/mol. The molecule has 0 aliphatic rings. The average Bonchev–Trinajstić information content (AvgIpc) is 3.65. The summed E-state index contributed by atoms with van der Waals surface area (Å²) in [5, 5.41) is 4.76. The lowest BCUT2D eigenvalue weighted by atomic mass is 9.93. The number of furan rings is 1. The number of benzene rings is 7. The number of rotatable bonds is 4. The topological polar surface area (TPSA) is 18.1 Å². The summed E-state index contributed by atoms with van der Waals surface area (Å²) in [6, 6.07) is 58.5. The molecule has 0 radical (unpaired) electrons. The number of hydrogen-bond donors (Lipinski definition) is 0. The monoisotopic (exact) mass is 561 g/mol. The molecule has 0 saturated heterocycles. The number of nitrogens with zero attached hydrogens (tertiary/aromatic N) is 1. The Balaban J connectivity index is 1.25. The predicted octanol–water partition coefficient (Wildman–Crippen LogP) is 11.7. The molecule has 7 aromatic carbocycles. The van der Waals surface area contributed by atoms with Gasteiger partial charge in [-0.3, -0.25) is 0 Å². The molecule has 0 aliphatic heterocycles. The molecule has 0 aliphatic carbocycles. The molecular weight excluding hydrogens is 534 g/mol. The largest absolute Gasteiger partial charge is 0.456 e. The lowest BCUT2D eigenvalue weighted by Crippen LogP contribution is -1.94. The molecule has 9 rings (SSSR count). The number of fused-ring (bicyclic) bond motifs is 7. The molecule has 0 N–H and O–H groups in total. The van der Waals surface area contributed by atoms with Crippen molar-refractivity contribution in [2.75, 3.05) is 0 Å². The maximum Gasteiger partial charge on any atom is 0.137 e. The van der Waals surface area contributed by atoms with Gasteiger partial charge in [-0.05, 0) is 88.0 Å². The summed E-state index contributed by atoms with van der Waals surface area (Å²) in [6.45, 7) is 0. The molecule has 0 atom stereocenters. The van der Waals surface area contributed by atoms with E-state index in [1.807, 2.05) is 6.07 Å². The van der Waals surface area contributed by atoms with Gasteiger partial charge in [0.25, 0.3) is 0 Å². The standard InChI is InChI=1S/C42H27NO/c1-3-11-28(12-4-1)31-25-32(29-13-5-2-6-14-29)27-33(26-31)30-19-21-34(22-20-30)43-38-17-9-7-15-35(38)36-23-24-40-41(42(36)43)37-16-8-10-18-39(37)44-40/h1-27H. The fraction of sp³-hybridized carbons (Fsp3) is 0. The Kier molecular flexibility index (Phi) is 5.54. The lowest BCUT2D eigenvalue weighted by Gasteiger charge is -2.13. The fourth-order valence-electron chi connectivity index (χ4n) is 6.72. The van der Waals surface area contributed by atoms with Crippen molar-refractivity contribution in [2.45, 2.75) is 0 Å². The first kappa shape index (κ1) is 24.7. The quantitative estimate of drug-likeness (QED) is 0.209. The molecule has 0 amide bonds. The van der Waals surface area contributed by atoms with Crippen molar-refractivity contribution in [1.29, 1.82) is 0 Å². The van der Waals surface area contributed by atoms with Gasteiger partial charge in [-0.2, -0.15) is 0 Å². The summed E-state index contributed by atoms with van der Waals surface area (Å²) in [5.41, 5.74) is 12.5. The van der Waals surface area contributed by atoms with Crippen LogP contribution in [0.15, 0.2) is 168 Å². The summed E-state index contributed by atoms with van der Waals surface area (Å²) in [7, 11) is 0. The zero-order valence-corrected chi connectivity index (χ0v) is 23.9. The maximum absolute atomic E-state index is 6.31. The Hall–Kier alpha value is -5.86. The van der Waals surface area contributed by atoms with Crippen LogP contribution in [-0.4, -0.2) is 4.57 Å². The van der Waals surface area contributed by atoms with Crippen molar-refractivity contribution >= 4 is 43.7 Å². The van der Waals surface area contributed by atoms with Gasteiger partial charge in [0.1, 0.15) is 11.2 Å². The minimum atomic E-state index is 0.908. The van der Waals surface area contributed by atoms with E-state index in [2.05, 4.69) is 162 Å². The molecule has 9 aromatic rings. The Bertz CT molecular complexity index is 2410. The Morgan fingerprint density at radius 1 is 0.364 bits per heavy atom. The van der Waals surface area contributed by atoms with Gasteiger partial charge in [0.2, 0.25) is 0 Å². The van der Waals surface area contributed by atoms with Crippen LogP contribution in [0.5, 0.6) is 0 Å². The molecule has 2 heterocycles. The Morgan fingerprint density at radius 2 is 0.909 bits per heavy atom. The van der Waals surface area contributed by atoms with E-state index in [-0.39, 0.29) is 0 Å². The van der Waals surface area contributed by atoms with Crippen molar-refractivity contribution in [3.8, 4) is 39.1 Å². The van der Waals surface area contributed by atoms with E-state index in [1.54, 1.807) is 0 Å². The van der Waals surface area contributed by atoms with Gasteiger partial charge in [0, 0.05) is 21.8 Å². The van der Waals surface area contributed by atoms with Crippen molar-refractivity contribution in [2.24, 2.45) is 0 Å². The van der Waals surface area contributed by atoms with E-state index in [1.165, 1.54) is 55.2 Å². The summed E-state index contributed by atoms with van der Waals surface area (Å²) >= 11 is 0. The third-order valence-electron chi connectivity index (χ3n) is 8.78. The predicted molar refractivity (Wildman–Crippen MR) is 184 cm³/mol. The molecule has 0 fully saturated rings. The normalized spacial score (nSPS) is 11.6. The van der Waals surface area contributed by atoms with Crippen LogP contribution in [0, 0.1) is 0 Å². The minimum absolute atomic E-state index is 0.908. The first-order valence-corrected chi connectivity index (χ1v) is 15.0. The molecule has 2 nitrogen and oxygen atoms in total. The van der Waals surface area contributed by atoms with Crippen molar-refractivity contribution < 1.29 is 4.42 Å². The molecule has 0 bridgehead atoms. The van der Waals surface area contributed by atoms with Crippen LogP contribution in [0.25, 0.3) is 82.8 Å². The van der Waals surface area contributed by atoms with Crippen molar-refractivity contribution in [3.63, 3.8) is 0 Å². The smallest absolute Gasteiger partial charge is 0.137 e. The van der Waals surface area contributed by atoms with Crippen LogP contribution in [0.1, 0.15) is 0 Å². The molecule has 0 saturated carbocycles. The lowest BCUT2D eigenvalue weighted by molar-refractivity contribution is 0.669. The SMILES string of the molecule is c1ccc(-c2cc(-c3ccccc3)cc(-c3ccc(-n4c5ccccc5c5ccc6oc7ccccc7c6c54)cc3)c2)cc1. The van der Waals surface area contributed by atoms with E-state index < -0.39 is 0 Å². The first-order chi connectivity index (χ1) is 21.8. The zero-order chi connectivity index (χ0) is 29.0. The van der Waals surface area contributed by atoms with Gasteiger partial charge in [-0.1, -0.05) is 109 Å². The first-order valence-electron chi connectivity index (χ1n) is 15.0. The van der Waals surface area contributed by atoms with Gasteiger partial charge < -0.3 is 8.98 Å². The van der Waals surface area contributed by atoms with Gasteiger partial charge >= 0.3 is 0 Å². The van der Waals surface area contributed by atoms with Crippen LogP contribution in [-0.2, 0) is 0 Å². The van der Waals surface area contributed by atoms with Gasteiger partial charge in [0.05, 0.1) is 16.4 Å². The van der Waals surface area contributed by atoms with Crippen LogP contribution < -0.4 is 0 Å². The summed E-state index contributed by atoms with van der Waals surface area (Å²) in [6.07, 6.45) is 0. The molecule has 44 heavy (non-hydrogen) atoms. The number of aromatic nitrogens is 1. The van der Waals surface area contributed by atoms with Crippen molar-refractivity contribution in [3.05, 3.63) is 164 Å². The fourth-order valence-corrected chi connectivity index (χ4v) is 6.72. The van der Waals surface area contributed by atoms with Gasteiger partial charge in [-0.15, -0.1) is 0 Å². The summed E-state index contributed by atoms with van der Waals surface area (Å²) in [5.74, 6) is 0. The number of hydrogen-bond acceptors (Lipinski definition) is 1. The summed E-state index contributed by atoms with van der Waals surface area (Å²) in [4.78, 5) is 0. The second-order valence-corrected chi connectivity index (χ2v) is 11.4. The van der Waals surface area contributed by atoms with Gasteiger partial charge in [-0.25, -0.2) is 0 Å². The Morgan fingerprint density at radius 3 is 1.57 bits per heavy atom. The molecule has 2 heteroatoms. The molecule has 206 valence electrons. The third kappa shape index (κ3) is 3.89. The van der Waals surface area contributed by atoms with Gasteiger partial charge in [0.15, 0.2) is 0 Å². The van der Waals surface area contributed by atoms with Crippen LogP contribution in [0.2, 0.25) is 0 Å². The van der Waals surface area contributed by atoms with E-state index in [4.69, 9.17) is 4.42 Å². The highest BCUT2D eigenvalue weighted by molar-refractivity contribution is 6.24. The highest BCUT2D eigenvalue weighted by atomic mass is 16.3. The maximum atomic E-state index is 6.31. The summed E-state index contributed by atoms with van der Waals surface area (Å²) < 4.78 is 8.70. The minimum Gasteiger partial charge on any atom is -0.456 e. The Labute approximate surface area is 255 Å². The van der Waals surface area contributed by atoms with E-state index in [9.17, 15) is 0 Å². The number of para-hydroxylation sites is 2. The third-order valence-corrected chi connectivity index (χ3v) is 8.78. The van der Waals surface area contributed by atoms with E-state index in [0.717, 1.165) is 27.6 Å². The zero-order valence-electron chi connectivity index (χ0n) is 23.9. The molecule has 2 aromatic heterocycles. The molecule has 0 spiro atoms.